The minimum Gasteiger partial charge on any atom is -0.324 e. The van der Waals surface area contributed by atoms with E-state index in [1.54, 1.807) is 6.33 Å². The van der Waals surface area contributed by atoms with Gasteiger partial charge >= 0.3 is 0 Å². The van der Waals surface area contributed by atoms with Crippen molar-refractivity contribution in [2.45, 2.75) is 26.3 Å². The van der Waals surface area contributed by atoms with Gasteiger partial charge in [0.05, 0.1) is 17.4 Å². The first kappa shape index (κ1) is 14.3. The Balaban J connectivity index is 1.79. The number of aryl methyl sites for hydroxylation is 1. The highest BCUT2D eigenvalue weighted by molar-refractivity contribution is 5.94. The molecule has 0 saturated heterocycles. The third-order valence-corrected chi connectivity index (χ3v) is 3.91. The molecule has 1 amide bonds. The van der Waals surface area contributed by atoms with Gasteiger partial charge in [0.1, 0.15) is 6.04 Å². The number of anilines is 1. The second-order valence-electron chi connectivity index (χ2n) is 5.36. The average molecular weight is 293 g/mol. The number of amides is 1. The molecule has 0 bridgehead atoms. The van der Waals surface area contributed by atoms with E-state index < -0.39 is 0 Å². The lowest BCUT2D eigenvalue weighted by Crippen LogP contribution is -2.23. The molecule has 0 unspecified atom stereocenters. The molecule has 4 nitrogen and oxygen atoms in total. The first-order valence-corrected chi connectivity index (χ1v) is 7.50. The van der Waals surface area contributed by atoms with E-state index in [1.165, 1.54) is 5.56 Å². The van der Waals surface area contributed by atoms with Crippen molar-refractivity contribution in [2.24, 2.45) is 0 Å². The van der Waals surface area contributed by atoms with Crippen molar-refractivity contribution in [1.82, 2.24) is 9.55 Å². The van der Waals surface area contributed by atoms with Gasteiger partial charge in [-0.25, -0.2) is 4.98 Å². The summed E-state index contributed by atoms with van der Waals surface area (Å²) in [7, 11) is 0. The summed E-state index contributed by atoms with van der Waals surface area (Å²) in [4.78, 5) is 16.8. The molecule has 1 atom stereocenters. The van der Waals surface area contributed by atoms with E-state index in [4.69, 9.17) is 0 Å². The van der Waals surface area contributed by atoms with Crippen LogP contribution in [-0.4, -0.2) is 15.5 Å². The highest BCUT2D eigenvalue weighted by atomic mass is 16.2. The van der Waals surface area contributed by atoms with Crippen LogP contribution in [0.2, 0.25) is 0 Å². The molecule has 3 aromatic rings. The molecule has 4 heteroatoms. The van der Waals surface area contributed by atoms with Gasteiger partial charge in [-0.1, -0.05) is 31.2 Å². The first-order chi connectivity index (χ1) is 10.7. The normalized spacial score (nSPS) is 12.3. The summed E-state index contributed by atoms with van der Waals surface area (Å²) in [5.41, 5.74) is 3.94. The van der Waals surface area contributed by atoms with E-state index in [9.17, 15) is 4.79 Å². The van der Waals surface area contributed by atoms with Crippen molar-refractivity contribution in [3.63, 3.8) is 0 Å². The van der Waals surface area contributed by atoms with E-state index in [2.05, 4.69) is 17.2 Å². The lowest BCUT2D eigenvalue weighted by Gasteiger charge is -2.14. The fraction of sp³-hybridized carbons (Fsp3) is 0.222. The van der Waals surface area contributed by atoms with Crippen molar-refractivity contribution in [2.75, 3.05) is 5.32 Å². The fourth-order valence-electron chi connectivity index (χ4n) is 2.48. The Morgan fingerprint density at radius 2 is 1.91 bits per heavy atom. The molecule has 2 aromatic carbocycles. The maximum atomic E-state index is 12.4. The molecule has 1 N–H and O–H groups in total. The molecule has 22 heavy (non-hydrogen) atoms. The number of rotatable bonds is 4. The summed E-state index contributed by atoms with van der Waals surface area (Å²) in [5.74, 6) is -0.0487. The second kappa shape index (κ2) is 6.02. The highest BCUT2D eigenvalue weighted by Crippen LogP contribution is 2.19. The Morgan fingerprint density at radius 3 is 2.64 bits per heavy atom. The monoisotopic (exact) mass is 293 g/mol. The van der Waals surface area contributed by atoms with Gasteiger partial charge in [-0.15, -0.1) is 0 Å². The number of fused-ring (bicyclic) bond motifs is 1. The van der Waals surface area contributed by atoms with Crippen LogP contribution >= 0.6 is 0 Å². The summed E-state index contributed by atoms with van der Waals surface area (Å²) < 4.78 is 1.89. The summed E-state index contributed by atoms with van der Waals surface area (Å²) in [6.07, 6.45) is 2.71. The van der Waals surface area contributed by atoms with Gasteiger partial charge < -0.3 is 9.88 Å². The third kappa shape index (κ3) is 2.72. The molecule has 0 aliphatic heterocycles. The molecule has 112 valence electrons. The maximum absolute atomic E-state index is 12.4. The zero-order valence-electron chi connectivity index (χ0n) is 12.8. The SMILES string of the molecule is CCc1ccc(NC(=O)[C@H](C)n2cnc3ccccc32)cc1. The van der Waals surface area contributed by atoms with Gasteiger partial charge in [-0.3, -0.25) is 4.79 Å². The Labute approximate surface area is 129 Å². The maximum Gasteiger partial charge on any atom is 0.247 e. The molecular formula is C18H19N3O. The van der Waals surface area contributed by atoms with Crippen molar-refractivity contribution >= 4 is 22.6 Å². The smallest absolute Gasteiger partial charge is 0.247 e. The Hall–Kier alpha value is -2.62. The van der Waals surface area contributed by atoms with Crippen LogP contribution < -0.4 is 5.32 Å². The van der Waals surface area contributed by atoms with Crippen LogP contribution in [0.5, 0.6) is 0 Å². The van der Waals surface area contributed by atoms with Gasteiger partial charge in [0.15, 0.2) is 0 Å². The number of hydrogen-bond acceptors (Lipinski definition) is 2. The molecule has 1 heterocycles. The van der Waals surface area contributed by atoms with E-state index in [1.807, 2.05) is 60.0 Å². The fourth-order valence-corrected chi connectivity index (χ4v) is 2.48. The van der Waals surface area contributed by atoms with E-state index in [0.29, 0.717) is 0 Å². The summed E-state index contributed by atoms with van der Waals surface area (Å²) in [6.45, 7) is 3.99. The van der Waals surface area contributed by atoms with E-state index in [-0.39, 0.29) is 11.9 Å². The van der Waals surface area contributed by atoms with Gasteiger partial charge in [0.25, 0.3) is 0 Å². The molecule has 0 spiro atoms. The molecule has 0 saturated carbocycles. The van der Waals surface area contributed by atoms with Crippen LogP contribution in [0.4, 0.5) is 5.69 Å². The molecule has 0 radical (unpaired) electrons. The lowest BCUT2D eigenvalue weighted by atomic mass is 10.1. The number of para-hydroxylation sites is 2. The number of carbonyl (C=O) groups excluding carboxylic acids is 1. The zero-order chi connectivity index (χ0) is 15.5. The number of aromatic nitrogens is 2. The lowest BCUT2D eigenvalue weighted by molar-refractivity contribution is -0.118. The van der Waals surface area contributed by atoms with E-state index in [0.717, 1.165) is 23.1 Å². The minimum atomic E-state index is -0.321. The third-order valence-electron chi connectivity index (χ3n) is 3.91. The van der Waals surface area contributed by atoms with Gasteiger partial charge in [0, 0.05) is 5.69 Å². The van der Waals surface area contributed by atoms with Gasteiger partial charge in [-0.2, -0.15) is 0 Å². The van der Waals surface area contributed by atoms with Crippen LogP contribution in [0.15, 0.2) is 54.9 Å². The molecular weight excluding hydrogens is 274 g/mol. The quantitative estimate of drug-likeness (QED) is 0.795. The van der Waals surface area contributed by atoms with Crippen LogP contribution in [0, 0.1) is 0 Å². The van der Waals surface area contributed by atoms with Gasteiger partial charge in [-0.05, 0) is 43.2 Å². The summed E-state index contributed by atoms with van der Waals surface area (Å²) in [5, 5.41) is 2.96. The highest BCUT2D eigenvalue weighted by Gasteiger charge is 2.17. The Bertz CT molecular complexity index is 789. The molecule has 1 aromatic heterocycles. The Morgan fingerprint density at radius 1 is 1.18 bits per heavy atom. The van der Waals surface area contributed by atoms with Crippen LogP contribution in [0.1, 0.15) is 25.5 Å². The molecule has 0 fully saturated rings. The topological polar surface area (TPSA) is 46.9 Å². The number of nitrogens with one attached hydrogen (secondary N) is 1. The molecule has 3 rings (SSSR count). The van der Waals surface area contributed by atoms with Crippen LogP contribution in [-0.2, 0) is 11.2 Å². The van der Waals surface area contributed by atoms with E-state index >= 15 is 0 Å². The largest absolute Gasteiger partial charge is 0.324 e. The number of nitrogens with zero attached hydrogens (tertiary/aromatic N) is 2. The number of benzene rings is 2. The summed E-state index contributed by atoms with van der Waals surface area (Å²) in [6, 6.07) is 15.4. The molecule has 0 aliphatic rings. The summed E-state index contributed by atoms with van der Waals surface area (Å²) >= 11 is 0. The minimum absolute atomic E-state index is 0.0487. The Kier molecular flexibility index (Phi) is 3.92. The number of imidazole rings is 1. The first-order valence-electron chi connectivity index (χ1n) is 7.50. The second-order valence-corrected chi connectivity index (χ2v) is 5.36. The standard InChI is InChI=1S/C18H19N3O/c1-3-14-8-10-15(11-9-14)20-18(22)13(2)21-12-19-16-6-4-5-7-17(16)21/h4-13H,3H2,1-2H3,(H,20,22)/t13-/m0/s1. The average Bonchev–Trinajstić information content (AvgIpc) is 2.99. The van der Waals surface area contributed by atoms with Crippen LogP contribution in [0.3, 0.4) is 0 Å². The molecule has 0 aliphatic carbocycles. The van der Waals surface area contributed by atoms with Crippen molar-refractivity contribution in [3.8, 4) is 0 Å². The predicted octanol–water partition coefficient (Wildman–Crippen LogP) is 3.80. The number of carbonyl (C=O) groups is 1. The van der Waals surface area contributed by atoms with Gasteiger partial charge in [0.2, 0.25) is 5.91 Å². The van der Waals surface area contributed by atoms with Crippen molar-refractivity contribution < 1.29 is 4.79 Å². The van der Waals surface area contributed by atoms with Crippen molar-refractivity contribution in [1.29, 1.82) is 0 Å². The zero-order valence-corrected chi connectivity index (χ0v) is 12.8. The number of hydrogen-bond donors (Lipinski definition) is 1. The van der Waals surface area contributed by atoms with Crippen LogP contribution in [0.25, 0.3) is 11.0 Å². The van der Waals surface area contributed by atoms with Crippen molar-refractivity contribution in [3.05, 3.63) is 60.4 Å². The predicted molar refractivity (Wildman–Crippen MR) is 88.9 cm³/mol.